The van der Waals surface area contributed by atoms with E-state index in [4.69, 9.17) is 0 Å². The number of pyridine rings is 3. The van der Waals surface area contributed by atoms with Gasteiger partial charge in [-0.25, -0.2) is 13.7 Å². The van der Waals surface area contributed by atoms with E-state index in [2.05, 4.69) is 435 Å². The molecule has 12 aromatic heterocycles. The molecule has 22 rings (SSSR count). The molecule has 0 aliphatic carbocycles. The molecule has 126 heavy (non-hydrogen) atoms. The molecule has 624 valence electrons. The molecule has 0 aliphatic rings. The van der Waals surface area contributed by atoms with Crippen LogP contribution in [0.25, 0.3) is 169 Å². The maximum atomic E-state index is 4.66. The fraction of sp³-hybridized carbons (Fsp3) is 0.180. The van der Waals surface area contributed by atoms with Crippen molar-refractivity contribution in [2.75, 3.05) is 0 Å². The van der Waals surface area contributed by atoms with Gasteiger partial charge in [-0.3, -0.25) is 0 Å². The highest BCUT2D eigenvalue weighted by atomic mass is 32.1. The number of rotatable bonds is 6. The molecule has 0 aliphatic heterocycles. The van der Waals surface area contributed by atoms with Gasteiger partial charge in [0, 0.05) is 104 Å². The molecule has 0 spiro atoms. The van der Waals surface area contributed by atoms with E-state index < -0.39 is 0 Å². The quantitative estimate of drug-likeness (QED) is 0.156. The summed E-state index contributed by atoms with van der Waals surface area (Å²) >= 11 is 11.0. The van der Waals surface area contributed by atoms with Crippen LogP contribution in [0.15, 0.2) is 273 Å². The molecule has 0 saturated carbocycles. The van der Waals surface area contributed by atoms with Gasteiger partial charge in [-0.2, -0.15) is 13.7 Å². The van der Waals surface area contributed by atoms with Gasteiger partial charge in [-0.05, 0) is 239 Å². The Balaban J connectivity index is 0.000000107. The van der Waals surface area contributed by atoms with Gasteiger partial charge >= 0.3 is 0 Å². The Bertz CT molecular complexity index is 7540. The first-order valence-electron chi connectivity index (χ1n) is 42.7. The molecular weight excluding hydrogens is 1650 g/mol. The second-order valence-electron chi connectivity index (χ2n) is 33.7. The fourth-order valence-corrected chi connectivity index (χ4v) is 24.8. The molecule has 0 radical (unpaired) electrons. The van der Waals surface area contributed by atoms with Crippen molar-refractivity contribution < 1.29 is 27.4 Å². The van der Waals surface area contributed by atoms with Crippen molar-refractivity contribution in [1.82, 2.24) is 15.0 Å². The van der Waals surface area contributed by atoms with E-state index in [0.29, 0.717) is 0 Å². The second-order valence-corrected chi connectivity index (χ2v) is 39.7. The maximum Gasteiger partial charge on any atom is 0.287 e. The van der Waals surface area contributed by atoms with Gasteiger partial charge < -0.3 is 0 Å². The minimum atomic E-state index is 1.08. The van der Waals surface area contributed by atoms with E-state index in [1.54, 1.807) is 22.7 Å². The lowest BCUT2D eigenvalue weighted by Gasteiger charge is -2.11. The predicted octanol–water partition coefficient (Wildman–Crippen LogP) is 27.5. The van der Waals surface area contributed by atoms with Crippen molar-refractivity contribution in [2.24, 2.45) is 42.3 Å². The van der Waals surface area contributed by atoms with E-state index in [0.717, 1.165) is 16.6 Å². The Morgan fingerprint density at radius 2 is 0.492 bits per heavy atom. The van der Waals surface area contributed by atoms with E-state index >= 15 is 0 Å². The summed E-state index contributed by atoms with van der Waals surface area (Å²) in [6.45, 7) is 30.6. The largest absolute Gasteiger partial charge is 0.287 e. The standard InChI is InChI=1S/2C21H20NS.C19H16NS.C18H15N2S.2C16H17N2S/c2*1-13-11-14(2)15(3)18(12-13)20-21-17(9-10-22(20)4)16-7-5-6-8-19(16)23-21;1-13-7-3-4-8-14(13)18-19-16(11-12-20(18)2)15-9-5-6-10-17(15)21-19;1-12-7-3-4-8-13(12)17-18-16(19-11-20(17)2)14-9-5-6-10-15(14)21-18;2*1-10-7-11(2)12(3)13(8-10)15-16-14(5-6-19-16)17-9-18(15)4/h2*5-12H,1-4H3;3-12H,1-2H3;3-11H,1-2H3;2*5-9H,1-4H3/q6*+1. The minimum absolute atomic E-state index is 1.08. The molecule has 12 heterocycles. The molecule has 9 nitrogen and oxygen atoms in total. The first-order valence-corrected chi connectivity index (χ1v) is 47.8. The van der Waals surface area contributed by atoms with Crippen LogP contribution in [0, 0.1) is 96.9 Å². The average Bonchev–Trinajstić information content (AvgIpc) is 1.61. The molecular formula is C111H105N9S6+6. The molecule has 0 saturated heterocycles. The summed E-state index contributed by atoms with van der Waals surface area (Å²) < 4.78 is 26.4. The second kappa shape index (κ2) is 36.0. The SMILES string of the molecule is Cc1cc(C)c(C)c(-c2c3sc4ccccc4c3cc[n+]2C)c1.Cc1cc(C)c(C)c(-c2c3sc4ccccc4c3cc[n+]2C)c1.Cc1cc(C)c(C)c(-c2c3sccc3nc[n+]2C)c1.Cc1cc(C)c(C)c(-c2c3sccc3nc[n+]2C)c1.Cc1ccccc1-c1c2sc3ccccc3c2cc[n+]1C.Cc1ccccc1-c1c2sc3ccccc3c2nc[n+]1C. The Labute approximate surface area is 762 Å². The molecule has 0 atom stereocenters. The highest BCUT2D eigenvalue weighted by Crippen LogP contribution is 2.45. The summed E-state index contributed by atoms with van der Waals surface area (Å²) in [6.07, 6.45) is 12.3. The fourth-order valence-electron chi connectivity index (χ4n) is 17.8. The number of hydrogen-bond acceptors (Lipinski definition) is 9. The molecule has 22 aromatic rings. The third kappa shape index (κ3) is 16.5. The third-order valence-corrected chi connectivity index (χ3v) is 31.3. The monoisotopic (exact) mass is 1760 g/mol. The summed E-state index contributed by atoms with van der Waals surface area (Å²) in [7, 11) is 12.6. The topological polar surface area (TPSA) is 62.0 Å². The Morgan fingerprint density at radius 1 is 0.222 bits per heavy atom. The van der Waals surface area contributed by atoms with Gasteiger partial charge in [0.15, 0.2) is 46.7 Å². The normalized spacial score (nSPS) is 11.3. The smallest absolute Gasteiger partial charge is 0.231 e. The number of hydrogen-bond donors (Lipinski definition) is 0. The maximum absolute atomic E-state index is 4.66. The van der Waals surface area contributed by atoms with E-state index in [-0.39, 0.29) is 0 Å². The number of aryl methyl sites for hydroxylation is 16. The van der Waals surface area contributed by atoms with Gasteiger partial charge in [-0.1, -0.05) is 156 Å². The molecule has 0 unspecified atom stereocenters. The van der Waals surface area contributed by atoms with Gasteiger partial charge in [0.05, 0.1) is 37.8 Å². The lowest BCUT2D eigenvalue weighted by molar-refractivity contribution is -0.662. The number of nitrogens with zero attached hydrogens (tertiary/aromatic N) is 9. The highest BCUT2D eigenvalue weighted by Gasteiger charge is 2.28. The molecule has 0 bridgehead atoms. The average molecular weight is 1760 g/mol. The zero-order valence-electron chi connectivity index (χ0n) is 75.5. The number of benzene rings is 10. The summed E-state index contributed by atoms with van der Waals surface area (Å²) in [5.41, 5.74) is 37.6. The van der Waals surface area contributed by atoms with Crippen LogP contribution in [0.4, 0.5) is 0 Å². The van der Waals surface area contributed by atoms with Crippen LogP contribution in [0.3, 0.4) is 0 Å². The van der Waals surface area contributed by atoms with Gasteiger partial charge in [0.1, 0.15) is 49.3 Å². The molecule has 10 aromatic carbocycles. The zero-order chi connectivity index (χ0) is 88.2. The Morgan fingerprint density at radius 3 is 0.833 bits per heavy atom. The lowest BCUT2D eigenvalue weighted by Crippen LogP contribution is -2.31. The summed E-state index contributed by atoms with van der Waals surface area (Å²) in [5.74, 6) is 0. The van der Waals surface area contributed by atoms with E-state index in [1.165, 1.54) is 230 Å². The lowest BCUT2D eigenvalue weighted by atomic mass is 9.96. The third-order valence-electron chi connectivity index (χ3n) is 24.7. The predicted molar refractivity (Wildman–Crippen MR) is 540 cm³/mol. The molecule has 0 N–H and O–H groups in total. The summed E-state index contributed by atoms with van der Waals surface area (Å²) in [6, 6.07) is 80.8. The van der Waals surface area contributed by atoms with Crippen LogP contribution in [0.2, 0.25) is 0 Å². The van der Waals surface area contributed by atoms with Crippen LogP contribution in [-0.4, -0.2) is 15.0 Å². The molecule has 0 amide bonds. The van der Waals surface area contributed by atoms with Crippen LogP contribution in [-0.2, 0) is 42.3 Å². The van der Waals surface area contributed by atoms with Gasteiger partial charge in [-0.15, -0.1) is 68.0 Å². The van der Waals surface area contributed by atoms with Crippen molar-refractivity contribution in [1.29, 1.82) is 0 Å². The van der Waals surface area contributed by atoms with Crippen LogP contribution < -0.4 is 27.4 Å². The number of aromatic nitrogens is 9. The van der Waals surface area contributed by atoms with Crippen molar-refractivity contribution in [2.45, 2.75) is 96.9 Å². The van der Waals surface area contributed by atoms with Crippen LogP contribution in [0.1, 0.15) is 77.9 Å². The van der Waals surface area contributed by atoms with Crippen molar-refractivity contribution >= 4 is 169 Å². The summed E-state index contributed by atoms with van der Waals surface area (Å²) in [5, 5.41) is 13.6. The Hall–Kier alpha value is -12.3. The van der Waals surface area contributed by atoms with Crippen LogP contribution >= 0.6 is 68.0 Å². The minimum Gasteiger partial charge on any atom is -0.231 e. The van der Waals surface area contributed by atoms with E-state index in [1.807, 2.05) is 64.3 Å². The van der Waals surface area contributed by atoms with Gasteiger partial charge in [0.2, 0.25) is 22.6 Å². The van der Waals surface area contributed by atoms with Gasteiger partial charge in [0.25, 0.3) is 19.0 Å². The zero-order valence-corrected chi connectivity index (χ0v) is 80.4. The molecule has 15 heteroatoms. The van der Waals surface area contributed by atoms with Crippen molar-refractivity contribution in [3.8, 4) is 67.5 Å². The highest BCUT2D eigenvalue weighted by molar-refractivity contribution is 7.27. The van der Waals surface area contributed by atoms with E-state index in [9.17, 15) is 0 Å². The number of thiophene rings is 6. The number of fused-ring (bicyclic) bond motifs is 14. The summed E-state index contributed by atoms with van der Waals surface area (Å²) in [4.78, 5) is 13.6. The van der Waals surface area contributed by atoms with Crippen LogP contribution in [0.5, 0.6) is 0 Å². The molecule has 0 fully saturated rings. The first kappa shape index (κ1) is 85.8. The Kier molecular flexibility index (Phi) is 24.5. The van der Waals surface area contributed by atoms with Crippen molar-refractivity contribution in [3.63, 3.8) is 0 Å². The van der Waals surface area contributed by atoms with Crippen molar-refractivity contribution in [3.05, 3.63) is 351 Å². The first-order chi connectivity index (χ1) is 60.8.